The van der Waals surface area contributed by atoms with Crippen LogP contribution >= 0.6 is 0 Å². The minimum absolute atomic E-state index is 0.141. The lowest BCUT2D eigenvalue weighted by Crippen LogP contribution is -2.68. The SMILES string of the molecule is COc1cccc([N+]2(OC(C)=O)CC(C)NCC2C)c1. The van der Waals surface area contributed by atoms with Gasteiger partial charge in [-0.3, -0.25) is 4.84 Å². The van der Waals surface area contributed by atoms with Gasteiger partial charge in [-0.05, 0) is 19.9 Å². The van der Waals surface area contributed by atoms with Crippen LogP contribution in [0.4, 0.5) is 5.69 Å². The van der Waals surface area contributed by atoms with Crippen LogP contribution in [0.2, 0.25) is 0 Å². The summed E-state index contributed by atoms with van der Waals surface area (Å²) in [7, 11) is 1.64. The molecular formula is C15H23N2O3+. The van der Waals surface area contributed by atoms with E-state index in [1.165, 1.54) is 6.92 Å². The van der Waals surface area contributed by atoms with Gasteiger partial charge in [-0.1, -0.05) is 10.7 Å². The maximum absolute atomic E-state index is 11.6. The summed E-state index contributed by atoms with van der Waals surface area (Å²) < 4.78 is 5.50. The fourth-order valence-corrected chi connectivity index (χ4v) is 2.79. The van der Waals surface area contributed by atoms with Crippen molar-refractivity contribution < 1.29 is 14.4 Å². The van der Waals surface area contributed by atoms with Gasteiger partial charge in [0.25, 0.3) is 0 Å². The first-order chi connectivity index (χ1) is 9.48. The molecule has 2 rings (SSSR count). The Morgan fingerprint density at radius 1 is 1.40 bits per heavy atom. The highest BCUT2D eigenvalue weighted by Crippen LogP contribution is 2.32. The van der Waals surface area contributed by atoms with Crippen molar-refractivity contribution in [3.63, 3.8) is 0 Å². The summed E-state index contributed by atoms with van der Waals surface area (Å²) in [4.78, 5) is 17.4. The largest absolute Gasteiger partial charge is 0.497 e. The number of nitrogens with one attached hydrogen (secondary N) is 1. The molecule has 0 aliphatic carbocycles. The summed E-state index contributed by atoms with van der Waals surface area (Å²) in [6.07, 6.45) is 0. The number of ether oxygens (including phenoxy) is 1. The van der Waals surface area contributed by atoms with E-state index < -0.39 is 0 Å². The molecule has 110 valence electrons. The summed E-state index contributed by atoms with van der Waals surface area (Å²) in [5, 5.41) is 3.42. The van der Waals surface area contributed by atoms with Gasteiger partial charge in [0.15, 0.2) is 5.69 Å². The zero-order valence-electron chi connectivity index (χ0n) is 12.6. The molecule has 0 bridgehead atoms. The van der Waals surface area contributed by atoms with E-state index in [1.807, 2.05) is 24.3 Å². The number of hydrogen-bond acceptors (Lipinski definition) is 4. The fraction of sp³-hybridized carbons (Fsp3) is 0.533. The van der Waals surface area contributed by atoms with Crippen LogP contribution in [0.5, 0.6) is 5.75 Å². The van der Waals surface area contributed by atoms with E-state index in [4.69, 9.17) is 9.57 Å². The lowest BCUT2D eigenvalue weighted by molar-refractivity contribution is -0.198. The lowest BCUT2D eigenvalue weighted by Gasteiger charge is -2.44. The zero-order valence-corrected chi connectivity index (χ0v) is 12.6. The number of carbonyl (C=O) groups excluding carboxylic acids is 1. The monoisotopic (exact) mass is 279 g/mol. The number of quaternary nitrogens is 1. The topological polar surface area (TPSA) is 47.6 Å². The average Bonchev–Trinajstić information content (AvgIpc) is 2.42. The third-order valence-electron chi connectivity index (χ3n) is 3.80. The molecule has 1 aliphatic rings. The second kappa shape index (κ2) is 5.81. The third-order valence-corrected chi connectivity index (χ3v) is 3.80. The molecule has 0 aromatic heterocycles. The molecule has 20 heavy (non-hydrogen) atoms. The molecule has 1 aromatic rings. The quantitative estimate of drug-likeness (QED) is 0.858. The Balaban J connectivity index is 2.46. The molecule has 3 unspecified atom stereocenters. The first-order valence-electron chi connectivity index (χ1n) is 6.94. The van der Waals surface area contributed by atoms with Crippen LogP contribution in [0, 0.1) is 0 Å². The first-order valence-corrected chi connectivity index (χ1v) is 6.94. The van der Waals surface area contributed by atoms with Gasteiger partial charge in [0.05, 0.1) is 19.7 Å². The van der Waals surface area contributed by atoms with Gasteiger partial charge in [0.1, 0.15) is 18.3 Å². The van der Waals surface area contributed by atoms with Gasteiger partial charge in [-0.25, -0.2) is 4.79 Å². The van der Waals surface area contributed by atoms with Crippen LogP contribution in [-0.2, 0) is 9.63 Å². The molecule has 0 amide bonds. The summed E-state index contributed by atoms with van der Waals surface area (Å²) in [5.74, 6) is 0.499. The predicted octanol–water partition coefficient (Wildman–Crippen LogP) is 1.86. The highest BCUT2D eigenvalue weighted by molar-refractivity contribution is 5.67. The van der Waals surface area contributed by atoms with Crippen molar-refractivity contribution >= 4 is 11.7 Å². The second-order valence-corrected chi connectivity index (χ2v) is 5.42. The van der Waals surface area contributed by atoms with Crippen molar-refractivity contribution in [2.24, 2.45) is 0 Å². The molecule has 0 saturated carbocycles. The molecule has 1 aromatic carbocycles. The molecule has 1 aliphatic heterocycles. The number of benzene rings is 1. The van der Waals surface area contributed by atoms with Crippen LogP contribution in [0.25, 0.3) is 0 Å². The number of piperazine rings is 1. The van der Waals surface area contributed by atoms with Crippen molar-refractivity contribution in [3.8, 4) is 5.75 Å². The Labute approximate surface area is 120 Å². The molecule has 0 radical (unpaired) electrons. The van der Waals surface area contributed by atoms with Crippen molar-refractivity contribution in [1.82, 2.24) is 9.96 Å². The molecule has 1 fully saturated rings. The number of methoxy groups -OCH3 is 1. The molecule has 1 saturated heterocycles. The summed E-state index contributed by atoms with van der Waals surface area (Å²) >= 11 is 0. The zero-order chi connectivity index (χ0) is 14.8. The molecule has 3 atom stereocenters. The normalized spacial score (nSPS) is 29.8. The van der Waals surface area contributed by atoms with Crippen LogP contribution in [0.15, 0.2) is 24.3 Å². The molecule has 1 N–H and O–H groups in total. The summed E-state index contributed by atoms with van der Waals surface area (Å²) in [6.45, 7) is 7.14. The predicted molar refractivity (Wildman–Crippen MR) is 78.3 cm³/mol. The Bertz CT molecular complexity index is 492. The Morgan fingerprint density at radius 3 is 2.80 bits per heavy atom. The Morgan fingerprint density at radius 2 is 2.15 bits per heavy atom. The summed E-state index contributed by atoms with van der Waals surface area (Å²) in [6, 6.07) is 8.16. The minimum atomic E-state index is -0.270. The van der Waals surface area contributed by atoms with Crippen LogP contribution < -0.4 is 14.7 Å². The highest BCUT2D eigenvalue weighted by Gasteiger charge is 2.46. The number of hydrogen-bond donors (Lipinski definition) is 1. The molecule has 5 heteroatoms. The van der Waals surface area contributed by atoms with Crippen LogP contribution in [0.1, 0.15) is 20.8 Å². The highest BCUT2D eigenvalue weighted by atomic mass is 16.7. The van der Waals surface area contributed by atoms with E-state index >= 15 is 0 Å². The molecule has 0 spiro atoms. The van der Waals surface area contributed by atoms with E-state index in [-0.39, 0.29) is 22.7 Å². The van der Waals surface area contributed by atoms with Gasteiger partial charge >= 0.3 is 5.97 Å². The van der Waals surface area contributed by atoms with Gasteiger partial charge < -0.3 is 10.1 Å². The number of hydroxylamine groups is 2. The smallest absolute Gasteiger partial charge is 0.364 e. The lowest BCUT2D eigenvalue weighted by atomic mass is 10.1. The van der Waals surface area contributed by atoms with E-state index in [9.17, 15) is 4.79 Å². The summed E-state index contributed by atoms with van der Waals surface area (Å²) in [5.41, 5.74) is 0.945. The van der Waals surface area contributed by atoms with Crippen molar-refractivity contribution in [2.45, 2.75) is 32.9 Å². The maximum Gasteiger partial charge on any atom is 0.364 e. The third kappa shape index (κ3) is 2.78. The van der Waals surface area contributed by atoms with E-state index in [0.717, 1.165) is 18.0 Å². The standard InChI is InChI=1S/C15H23N2O3/c1-11-10-17(20-13(3)18,12(2)9-16-11)14-6-5-7-15(8-14)19-4/h5-8,11-12,16H,9-10H2,1-4H3/q+1. The second-order valence-electron chi connectivity index (χ2n) is 5.42. The Kier molecular flexibility index (Phi) is 4.30. The van der Waals surface area contributed by atoms with Gasteiger partial charge in [0.2, 0.25) is 0 Å². The van der Waals surface area contributed by atoms with Crippen LogP contribution in [0.3, 0.4) is 0 Å². The van der Waals surface area contributed by atoms with Gasteiger partial charge in [-0.2, -0.15) is 0 Å². The molecule has 5 nitrogen and oxygen atoms in total. The van der Waals surface area contributed by atoms with Gasteiger partial charge in [-0.15, -0.1) is 0 Å². The fourth-order valence-electron chi connectivity index (χ4n) is 2.79. The molecule has 1 heterocycles. The average molecular weight is 279 g/mol. The number of carbonyl (C=O) groups is 1. The van der Waals surface area contributed by atoms with E-state index in [1.54, 1.807) is 7.11 Å². The van der Waals surface area contributed by atoms with E-state index in [2.05, 4.69) is 19.2 Å². The van der Waals surface area contributed by atoms with Crippen LogP contribution in [-0.4, -0.2) is 38.3 Å². The van der Waals surface area contributed by atoms with Crippen molar-refractivity contribution in [1.29, 1.82) is 0 Å². The van der Waals surface area contributed by atoms with Gasteiger partial charge in [0, 0.05) is 19.1 Å². The maximum atomic E-state index is 11.6. The Hall–Kier alpha value is -1.59. The first kappa shape index (κ1) is 14.8. The number of rotatable bonds is 3. The number of nitrogens with zero attached hydrogens (tertiary/aromatic N) is 1. The molecular weight excluding hydrogens is 256 g/mol. The van der Waals surface area contributed by atoms with Crippen molar-refractivity contribution in [3.05, 3.63) is 24.3 Å². The minimum Gasteiger partial charge on any atom is -0.497 e. The van der Waals surface area contributed by atoms with Crippen molar-refractivity contribution in [2.75, 3.05) is 20.2 Å². The van der Waals surface area contributed by atoms with E-state index in [0.29, 0.717) is 6.54 Å².